The average molecular weight is 268 g/mol. The van der Waals surface area contributed by atoms with Crippen molar-refractivity contribution in [2.24, 2.45) is 0 Å². The normalized spacial score (nSPS) is 10.7. The largest absolute Gasteiger partial charge is 0.481 e. The molecular formula is C9H12N6O2S. The van der Waals surface area contributed by atoms with Gasteiger partial charge in [0.2, 0.25) is 5.16 Å². The van der Waals surface area contributed by atoms with Crippen LogP contribution < -0.4 is 0 Å². The van der Waals surface area contributed by atoms with Crippen LogP contribution in [0.3, 0.4) is 0 Å². The number of hydrogen-bond donors (Lipinski definition) is 1. The van der Waals surface area contributed by atoms with Crippen molar-refractivity contribution in [3.05, 3.63) is 18.5 Å². The lowest BCUT2D eigenvalue weighted by Gasteiger charge is -2.03. The van der Waals surface area contributed by atoms with E-state index in [0.29, 0.717) is 11.7 Å². The maximum atomic E-state index is 10.5. The maximum Gasteiger partial charge on any atom is 0.313 e. The summed E-state index contributed by atoms with van der Waals surface area (Å²) < 4.78 is 3.44. The van der Waals surface area contributed by atoms with Gasteiger partial charge in [-0.05, 0) is 22.9 Å². The van der Waals surface area contributed by atoms with Gasteiger partial charge in [-0.15, -0.1) is 5.10 Å². The van der Waals surface area contributed by atoms with E-state index in [9.17, 15) is 4.79 Å². The van der Waals surface area contributed by atoms with Crippen LogP contribution in [-0.2, 0) is 17.9 Å². The molecule has 0 radical (unpaired) electrons. The van der Waals surface area contributed by atoms with Crippen LogP contribution in [0.25, 0.3) is 0 Å². The van der Waals surface area contributed by atoms with Gasteiger partial charge in [-0.3, -0.25) is 9.48 Å². The molecule has 0 aliphatic rings. The molecule has 2 aromatic heterocycles. The summed E-state index contributed by atoms with van der Waals surface area (Å²) in [4.78, 5) is 10.5. The Labute approximate surface area is 107 Å². The molecule has 0 unspecified atom stereocenters. The average Bonchev–Trinajstić information content (AvgIpc) is 2.97. The van der Waals surface area contributed by atoms with Crippen LogP contribution in [0.4, 0.5) is 0 Å². The van der Waals surface area contributed by atoms with Crippen molar-refractivity contribution in [3.8, 4) is 0 Å². The lowest BCUT2D eigenvalue weighted by molar-refractivity contribution is -0.133. The third-order valence-electron chi connectivity index (χ3n) is 2.14. The van der Waals surface area contributed by atoms with Crippen LogP contribution in [0.5, 0.6) is 0 Å². The van der Waals surface area contributed by atoms with Crippen molar-refractivity contribution in [2.45, 2.75) is 24.7 Å². The summed E-state index contributed by atoms with van der Waals surface area (Å²) in [6, 6.07) is 1.87. The molecule has 0 saturated carbocycles. The number of aliphatic carboxylic acids is 1. The fourth-order valence-corrected chi connectivity index (χ4v) is 2.01. The zero-order valence-corrected chi connectivity index (χ0v) is 10.3. The molecule has 0 amide bonds. The van der Waals surface area contributed by atoms with Crippen LogP contribution >= 0.6 is 11.8 Å². The zero-order valence-electron chi connectivity index (χ0n) is 9.51. The second-order valence-corrected chi connectivity index (χ2v) is 4.43. The number of carbonyl (C=O) groups is 1. The number of aromatic nitrogens is 6. The third-order valence-corrected chi connectivity index (χ3v) is 3.08. The third kappa shape index (κ3) is 3.55. The smallest absolute Gasteiger partial charge is 0.313 e. The first-order chi connectivity index (χ1) is 8.75. The number of thioether (sulfide) groups is 1. The zero-order chi connectivity index (χ0) is 12.8. The first-order valence-electron chi connectivity index (χ1n) is 5.34. The Morgan fingerprint density at radius 1 is 1.44 bits per heavy atom. The Morgan fingerprint density at radius 3 is 3.06 bits per heavy atom. The number of nitrogens with zero attached hydrogens (tertiary/aromatic N) is 6. The second kappa shape index (κ2) is 6.15. The van der Waals surface area contributed by atoms with Crippen LogP contribution in [0, 0.1) is 0 Å². The van der Waals surface area contributed by atoms with E-state index in [1.54, 1.807) is 10.9 Å². The number of aryl methyl sites for hydroxylation is 2. The number of hydrogen-bond acceptors (Lipinski definition) is 6. The van der Waals surface area contributed by atoms with Gasteiger partial charge in [0.15, 0.2) is 0 Å². The Bertz CT molecular complexity index is 497. The van der Waals surface area contributed by atoms with Gasteiger partial charge in [0, 0.05) is 25.5 Å². The van der Waals surface area contributed by atoms with Gasteiger partial charge in [0.25, 0.3) is 0 Å². The highest BCUT2D eigenvalue weighted by molar-refractivity contribution is 7.99. The number of carboxylic acid groups (broad SMARTS) is 1. The topological polar surface area (TPSA) is 98.7 Å². The molecular weight excluding hydrogens is 256 g/mol. The van der Waals surface area contributed by atoms with Crippen molar-refractivity contribution < 1.29 is 9.90 Å². The fourth-order valence-electron chi connectivity index (χ4n) is 1.38. The van der Waals surface area contributed by atoms with Crippen LogP contribution in [0.1, 0.15) is 6.42 Å². The van der Waals surface area contributed by atoms with Gasteiger partial charge in [-0.25, -0.2) is 4.68 Å². The molecule has 0 spiro atoms. The lowest BCUT2D eigenvalue weighted by atomic mass is 10.4. The van der Waals surface area contributed by atoms with E-state index in [1.807, 2.05) is 16.9 Å². The van der Waals surface area contributed by atoms with Crippen molar-refractivity contribution in [3.63, 3.8) is 0 Å². The molecule has 18 heavy (non-hydrogen) atoms. The molecule has 0 bridgehead atoms. The van der Waals surface area contributed by atoms with Crippen molar-refractivity contribution in [2.75, 3.05) is 5.75 Å². The minimum atomic E-state index is -0.883. The molecule has 0 aromatic carbocycles. The van der Waals surface area contributed by atoms with Crippen LogP contribution in [-0.4, -0.2) is 46.8 Å². The van der Waals surface area contributed by atoms with E-state index in [-0.39, 0.29) is 5.75 Å². The number of carboxylic acids is 1. The van der Waals surface area contributed by atoms with E-state index < -0.39 is 5.97 Å². The summed E-state index contributed by atoms with van der Waals surface area (Å²) in [6.07, 6.45) is 4.44. The summed E-state index contributed by atoms with van der Waals surface area (Å²) in [5.74, 6) is -0.925. The van der Waals surface area contributed by atoms with Gasteiger partial charge >= 0.3 is 5.97 Å². The minimum Gasteiger partial charge on any atom is -0.481 e. The molecule has 0 aliphatic carbocycles. The Kier molecular flexibility index (Phi) is 4.29. The van der Waals surface area contributed by atoms with E-state index >= 15 is 0 Å². The molecule has 8 nitrogen and oxygen atoms in total. The molecule has 2 heterocycles. The number of tetrazole rings is 1. The van der Waals surface area contributed by atoms with Crippen molar-refractivity contribution >= 4 is 17.7 Å². The first kappa shape index (κ1) is 12.6. The van der Waals surface area contributed by atoms with Gasteiger partial charge in [0.05, 0.1) is 5.75 Å². The van der Waals surface area contributed by atoms with Crippen molar-refractivity contribution in [1.82, 2.24) is 30.0 Å². The molecule has 0 fully saturated rings. The Hall–Kier alpha value is -1.90. The molecule has 2 aromatic rings. The molecule has 0 aliphatic heterocycles. The summed E-state index contributed by atoms with van der Waals surface area (Å²) in [7, 11) is 0. The predicted octanol–water partition coefficient (Wildman–Crippen LogP) is 0.137. The minimum absolute atomic E-state index is 0.0421. The molecule has 2 rings (SSSR count). The highest BCUT2D eigenvalue weighted by Gasteiger charge is 2.08. The highest BCUT2D eigenvalue weighted by Crippen LogP contribution is 2.13. The molecule has 96 valence electrons. The van der Waals surface area contributed by atoms with Gasteiger partial charge in [-0.2, -0.15) is 5.10 Å². The van der Waals surface area contributed by atoms with Crippen LogP contribution in [0.15, 0.2) is 23.6 Å². The first-order valence-corrected chi connectivity index (χ1v) is 6.32. The standard InChI is InChI=1S/C9H12N6O2S/c16-8(17)7-18-9-11-12-13-15(9)6-2-5-14-4-1-3-10-14/h1,3-4H,2,5-7H2,(H,16,17). The summed E-state index contributed by atoms with van der Waals surface area (Å²) in [5.41, 5.74) is 0. The Balaban J connectivity index is 1.82. The maximum absolute atomic E-state index is 10.5. The molecule has 0 saturated heterocycles. The lowest BCUT2D eigenvalue weighted by Crippen LogP contribution is -2.08. The second-order valence-electron chi connectivity index (χ2n) is 3.49. The van der Waals surface area contributed by atoms with Gasteiger partial charge in [-0.1, -0.05) is 11.8 Å². The van der Waals surface area contributed by atoms with E-state index in [0.717, 1.165) is 24.7 Å². The molecule has 0 atom stereocenters. The monoisotopic (exact) mass is 268 g/mol. The van der Waals surface area contributed by atoms with E-state index in [2.05, 4.69) is 20.6 Å². The fraction of sp³-hybridized carbons (Fsp3) is 0.444. The SMILES string of the molecule is O=C(O)CSc1nnnn1CCCn1cccn1. The van der Waals surface area contributed by atoms with E-state index in [4.69, 9.17) is 5.11 Å². The predicted molar refractivity (Wildman–Crippen MR) is 63.0 cm³/mol. The molecule has 9 heteroatoms. The summed E-state index contributed by atoms with van der Waals surface area (Å²) >= 11 is 1.11. The number of rotatable bonds is 7. The van der Waals surface area contributed by atoms with Crippen LogP contribution in [0.2, 0.25) is 0 Å². The highest BCUT2D eigenvalue weighted by atomic mass is 32.2. The molecule has 1 N–H and O–H groups in total. The van der Waals surface area contributed by atoms with Crippen molar-refractivity contribution in [1.29, 1.82) is 0 Å². The summed E-state index contributed by atoms with van der Waals surface area (Å²) in [5, 5.41) is 24.4. The summed E-state index contributed by atoms with van der Waals surface area (Å²) in [6.45, 7) is 1.41. The van der Waals surface area contributed by atoms with Gasteiger partial charge < -0.3 is 5.11 Å². The van der Waals surface area contributed by atoms with Gasteiger partial charge in [0.1, 0.15) is 0 Å². The Morgan fingerprint density at radius 2 is 2.33 bits per heavy atom. The van der Waals surface area contributed by atoms with E-state index in [1.165, 1.54) is 0 Å². The quantitative estimate of drug-likeness (QED) is 0.713.